The number of aromatic hydroxyl groups is 4. The van der Waals surface area contributed by atoms with Crippen LogP contribution in [0.4, 0.5) is 0 Å². The molecule has 7 atom stereocenters. The Bertz CT molecular complexity index is 2520. The molecule has 0 heterocycles. The molecular weight excluding hydrogens is 1440 g/mol. The molecule has 0 amide bonds. The summed E-state index contributed by atoms with van der Waals surface area (Å²) in [6.07, 6.45) is 4.28. The fourth-order valence-corrected chi connectivity index (χ4v) is 5.05. The molecule has 0 saturated heterocycles. The monoisotopic (exact) mass is 1620 g/mol. The van der Waals surface area contributed by atoms with Crippen LogP contribution in [0.25, 0.3) is 0 Å². The van der Waals surface area contributed by atoms with E-state index >= 15 is 0 Å². The van der Waals surface area contributed by atoms with Gasteiger partial charge in [-0.05, 0) is 149 Å². The van der Waals surface area contributed by atoms with Gasteiger partial charge in [-0.25, -0.2) is 0 Å². The molecule has 7 rings (SSSR count). The molecule has 7 N–H and O–H groups in total. The first-order valence-corrected chi connectivity index (χ1v) is 41.3. The van der Waals surface area contributed by atoms with E-state index in [2.05, 4.69) is 71.0 Å². The smallest absolute Gasteiger partial charge is 0.306 e. The summed E-state index contributed by atoms with van der Waals surface area (Å²) in [6, 6.07) is 65.6. The van der Waals surface area contributed by atoms with E-state index in [1.54, 1.807) is 152 Å². The molecule has 0 aliphatic carbocycles. The van der Waals surface area contributed by atoms with Gasteiger partial charge in [0, 0.05) is 31.5 Å². The predicted octanol–water partition coefficient (Wildman–Crippen LogP) is 28.1. The SMILES string of the molecule is CC.CC.CC.CC.CC.CC.CC.CC(=O)C(C)C(C)C.CC(=O)C(C)C(C)O.CC=O.CCC(C)=O.CCC(C)C(=O)O.CCC(C)C(C)=O.CC[C@H](C)C(=O)O.CC[C@H](C)C(C)=O.Cc1ccccc1.Cc1ccccc1.Cc1ccccc1.Oc1ccccc1.Oc1ccccc1.Oc1ccccc1.Oc1ccccc1.[HH]. The van der Waals surface area contributed by atoms with Crippen molar-refractivity contribution in [2.75, 3.05) is 0 Å². The Labute approximate surface area is 706 Å². The van der Waals surface area contributed by atoms with Crippen molar-refractivity contribution in [1.29, 1.82) is 0 Å². The van der Waals surface area contributed by atoms with Crippen molar-refractivity contribution >= 4 is 47.1 Å². The number of ketones is 5. The van der Waals surface area contributed by atoms with Crippen LogP contribution < -0.4 is 0 Å². The Hall–Kier alpha value is -9.34. The largest absolute Gasteiger partial charge is 0.508 e. The zero-order chi connectivity index (χ0) is 93.7. The van der Waals surface area contributed by atoms with Crippen molar-refractivity contribution in [3.8, 4) is 23.0 Å². The minimum Gasteiger partial charge on any atom is -0.508 e. The highest BCUT2D eigenvalue weighted by molar-refractivity contribution is 5.79. The number of phenols is 4. The van der Waals surface area contributed by atoms with Gasteiger partial charge in [0.25, 0.3) is 0 Å². The Morgan fingerprint density at radius 1 is 0.304 bits per heavy atom. The van der Waals surface area contributed by atoms with Crippen LogP contribution in [0.3, 0.4) is 0 Å². The number of para-hydroxylation sites is 4. The van der Waals surface area contributed by atoms with Gasteiger partial charge < -0.3 is 45.3 Å². The standard InChI is InChI=1S/C7H14O.3C7H8.C6H12O2.4C6H6O.2C6H12O.2C5H10O2.C4H8O.C2H4O.7C2H6.H2/c1-5(2)6(3)7(4)8;3*1-7-5-3-2-4-6-7;1-4(5(2)7)6(3)8;4*7-6-4-2-1-3-5-6;2*1-4-5(2)6(3)7;2*1-3-4(2)5(6)7;1-3-4(2)5;1-2-3;7*1-2;/h5-6H,1-4H3;3*2-6H,1H3;4-5,7H,1-3H3;4*1-5,7H;2*5H,4H2,1-3H3;2*4H,3H2,1-2H3,(H,6,7);3H2,1-2H3;2H,1H3;7*1-2H3;1H/t;;;;;;;;;5-;;4-;;;;;;;;;;;/m.........0.0.........../s1. The van der Waals surface area contributed by atoms with E-state index < -0.39 is 18.0 Å². The van der Waals surface area contributed by atoms with Gasteiger partial charge in [0.05, 0.1) is 17.9 Å². The molecule has 7 aromatic carbocycles. The van der Waals surface area contributed by atoms with Crippen molar-refractivity contribution in [1.82, 2.24) is 0 Å². The van der Waals surface area contributed by atoms with Gasteiger partial charge in [0.2, 0.25) is 0 Å². The van der Waals surface area contributed by atoms with E-state index in [4.69, 9.17) is 40.5 Å². The van der Waals surface area contributed by atoms with Crippen LogP contribution in [0.5, 0.6) is 23.0 Å². The summed E-state index contributed by atoms with van der Waals surface area (Å²) in [7, 11) is 0. The summed E-state index contributed by atoms with van der Waals surface area (Å²) in [5, 5.41) is 59.7. The second-order valence-electron chi connectivity index (χ2n) is 23.5. The van der Waals surface area contributed by atoms with Crippen LogP contribution in [0.1, 0.15) is 286 Å². The summed E-state index contributed by atoms with van der Waals surface area (Å²) in [6.45, 7) is 70.0. The summed E-state index contributed by atoms with van der Waals surface area (Å²) in [5.41, 5.74) is 3.97. The zero-order valence-corrected chi connectivity index (χ0v) is 79.3. The number of carbonyl (C=O) groups excluding carboxylic acids is 6. The van der Waals surface area contributed by atoms with Crippen LogP contribution in [0.2, 0.25) is 0 Å². The number of rotatable bonds is 13. The lowest BCUT2D eigenvalue weighted by Gasteiger charge is -2.09. The predicted molar refractivity (Wildman–Crippen MR) is 501 cm³/mol. The van der Waals surface area contributed by atoms with E-state index in [-0.39, 0.29) is 48.5 Å². The topological polar surface area (TPSA) is 278 Å². The number of benzene rings is 7. The number of hydrogen-bond acceptors (Lipinski definition) is 13. The van der Waals surface area contributed by atoms with Crippen LogP contribution in [-0.4, -0.2) is 89.0 Å². The number of carboxylic acids is 2. The first kappa shape index (κ1) is 141. The number of aryl methyl sites for hydroxylation is 3. The Balaban J connectivity index is -0.0000000653. The third kappa shape index (κ3) is 140. The third-order valence-electron chi connectivity index (χ3n) is 14.0. The van der Waals surface area contributed by atoms with Crippen molar-refractivity contribution < 1.29 is 75.5 Å². The highest BCUT2D eigenvalue weighted by atomic mass is 16.4. The number of aliphatic carboxylic acids is 2. The van der Waals surface area contributed by atoms with E-state index in [0.717, 1.165) is 32.0 Å². The highest BCUT2D eigenvalue weighted by Gasteiger charge is 2.13. The van der Waals surface area contributed by atoms with Crippen LogP contribution in [0.15, 0.2) is 212 Å². The Morgan fingerprint density at radius 3 is 0.478 bits per heavy atom. The maximum atomic E-state index is 10.6. The van der Waals surface area contributed by atoms with Crippen LogP contribution in [-0.2, 0) is 38.4 Å². The minimum atomic E-state index is -0.706. The molecule has 0 aliphatic rings. The summed E-state index contributed by atoms with van der Waals surface area (Å²) in [4.78, 5) is 80.2. The fourth-order valence-electron chi connectivity index (χ4n) is 5.05. The normalized spacial score (nSPS) is 9.97. The number of phenolic OH excluding ortho intramolecular Hbond substituents is 4. The average molecular weight is 1620 g/mol. The van der Waals surface area contributed by atoms with Crippen molar-refractivity contribution in [3.05, 3.63) is 229 Å². The molecule has 0 aliphatic heterocycles. The molecule has 7 aromatic rings. The maximum Gasteiger partial charge on any atom is 0.306 e. The first-order valence-electron chi connectivity index (χ1n) is 41.3. The average Bonchev–Trinajstić information content (AvgIpc) is 1.03. The number of aldehydes is 1. The van der Waals surface area contributed by atoms with E-state index in [0.29, 0.717) is 52.7 Å². The number of aliphatic hydroxyl groups is 1. The van der Waals surface area contributed by atoms with Gasteiger partial charge in [0.1, 0.15) is 58.2 Å². The molecule has 0 saturated carbocycles. The fraction of sp³-hybridized carbons (Fsp3) is 0.500. The molecule has 664 valence electrons. The number of Topliss-reactive ketones (excluding diaryl/α,β-unsaturated/α-hetero) is 5. The maximum absolute atomic E-state index is 10.6. The molecule has 0 radical (unpaired) electrons. The molecule has 115 heavy (non-hydrogen) atoms. The molecule has 15 heteroatoms. The molecular formula is C100H174O15. The summed E-state index contributed by atoms with van der Waals surface area (Å²) >= 11 is 0. The van der Waals surface area contributed by atoms with E-state index in [1.165, 1.54) is 30.5 Å². The quantitative estimate of drug-likeness (QED) is 0.0529. The number of carbonyl (C=O) groups is 8. The van der Waals surface area contributed by atoms with Gasteiger partial charge in [-0.1, -0.05) is 367 Å². The van der Waals surface area contributed by atoms with Gasteiger partial charge >= 0.3 is 11.9 Å². The lowest BCUT2D eigenvalue weighted by Crippen LogP contribution is -2.19. The van der Waals surface area contributed by atoms with Crippen molar-refractivity contribution in [2.45, 2.75) is 294 Å². The minimum absolute atomic E-state index is 0. The Morgan fingerprint density at radius 2 is 0.452 bits per heavy atom. The molecule has 0 bridgehead atoms. The number of aliphatic hydroxyl groups excluding tert-OH is 1. The van der Waals surface area contributed by atoms with Gasteiger partial charge in [-0.2, -0.15) is 0 Å². The molecule has 5 unspecified atom stereocenters. The van der Waals surface area contributed by atoms with Gasteiger partial charge in [-0.15, -0.1) is 0 Å². The first-order chi connectivity index (χ1) is 54.3. The lowest BCUT2D eigenvalue weighted by atomic mass is 9.95. The van der Waals surface area contributed by atoms with Crippen LogP contribution in [0, 0.1) is 62.2 Å². The van der Waals surface area contributed by atoms with E-state index in [1.807, 2.05) is 231 Å². The lowest BCUT2D eigenvalue weighted by molar-refractivity contribution is -0.142. The molecule has 15 nitrogen and oxygen atoms in total. The summed E-state index contributed by atoms with van der Waals surface area (Å²) in [5.74, 6) is 1.73. The van der Waals surface area contributed by atoms with E-state index in [9.17, 15) is 33.6 Å². The number of hydrogen-bond donors (Lipinski definition) is 7. The van der Waals surface area contributed by atoms with Gasteiger partial charge in [0.15, 0.2) is 0 Å². The van der Waals surface area contributed by atoms with Crippen molar-refractivity contribution in [2.24, 2.45) is 41.4 Å². The van der Waals surface area contributed by atoms with Crippen molar-refractivity contribution in [3.63, 3.8) is 0 Å². The second kappa shape index (κ2) is 118. The van der Waals surface area contributed by atoms with Crippen LogP contribution >= 0.6 is 0 Å². The number of carboxylic acid groups (broad SMARTS) is 2. The second-order valence-corrected chi connectivity index (χ2v) is 23.5. The van der Waals surface area contributed by atoms with Gasteiger partial charge in [-0.3, -0.25) is 28.8 Å². The summed E-state index contributed by atoms with van der Waals surface area (Å²) < 4.78 is 0. The zero-order valence-electron chi connectivity index (χ0n) is 79.3. The molecule has 0 spiro atoms. The molecule has 0 aromatic heterocycles. The highest BCUT2D eigenvalue weighted by Crippen LogP contribution is 2.10. The molecule has 0 fully saturated rings. The Kier molecular flexibility index (Phi) is 144. The third-order valence-corrected chi connectivity index (χ3v) is 14.0.